The van der Waals surface area contributed by atoms with Crippen LogP contribution in [0, 0.1) is 5.92 Å². The summed E-state index contributed by atoms with van der Waals surface area (Å²) in [6.45, 7) is 7.60. The number of piperidine rings is 1. The molecule has 0 aromatic carbocycles. The van der Waals surface area contributed by atoms with Crippen LogP contribution in [0.5, 0.6) is 0 Å². The molecule has 0 spiro atoms. The second-order valence-corrected chi connectivity index (χ2v) is 7.56. The number of rotatable bonds is 8. The molecule has 3 rings (SSSR count). The van der Waals surface area contributed by atoms with Gasteiger partial charge in [0, 0.05) is 32.3 Å². The summed E-state index contributed by atoms with van der Waals surface area (Å²) in [5.41, 5.74) is 0. The fraction of sp³-hybridized carbons (Fsp3) is 0.722. The fourth-order valence-corrected chi connectivity index (χ4v) is 3.75. The molecule has 2 aliphatic rings. The lowest BCUT2D eigenvalue weighted by atomic mass is 10.1. The highest BCUT2D eigenvalue weighted by molar-refractivity contribution is 14.0. The van der Waals surface area contributed by atoms with Crippen molar-refractivity contribution < 1.29 is 4.74 Å². The van der Waals surface area contributed by atoms with Gasteiger partial charge in [0.25, 0.3) is 0 Å². The van der Waals surface area contributed by atoms with Crippen molar-refractivity contribution in [1.29, 1.82) is 0 Å². The standard InChI is InChI=1S/C18H30N4OS.HI/c1-2-19-18(20-9-12-23-14-15-5-6-15)21-16-7-10-22(11-8-16)17-4-3-13-24-17;/h3-4,13,15-16H,2,5-12,14H2,1H3,(H2,19,20,21);1H. The van der Waals surface area contributed by atoms with Crippen molar-refractivity contribution in [3.8, 4) is 0 Å². The Hall–Kier alpha value is -0.540. The zero-order chi connectivity index (χ0) is 16.6. The minimum Gasteiger partial charge on any atom is -0.379 e. The van der Waals surface area contributed by atoms with Crippen molar-refractivity contribution in [1.82, 2.24) is 10.6 Å². The van der Waals surface area contributed by atoms with E-state index in [1.165, 1.54) is 17.8 Å². The van der Waals surface area contributed by atoms with E-state index in [1.54, 1.807) is 0 Å². The topological polar surface area (TPSA) is 48.9 Å². The Labute approximate surface area is 172 Å². The van der Waals surface area contributed by atoms with E-state index >= 15 is 0 Å². The third kappa shape index (κ3) is 7.30. The van der Waals surface area contributed by atoms with Crippen molar-refractivity contribution in [2.45, 2.75) is 38.6 Å². The maximum absolute atomic E-state index is 5.66. The van der Waals surface area contributed by atoms with Crippen LogP contribution in [0.1, 0.15) is 32.6 Å². The highest BCUT2D eigenvalue weighted by atomic mass is 127. The number of ether oxygens (including phenoxy) is 1. The molecule has 1 aromatic heterocycles. The van der Waals surface area contributed by atoms with Gasteiger partial charge >= 0.3 is 0 Å². The SMILES string of the molecule is CCNC(=NCCOCC1CC1)NC1CCN(c2cccs2)CC1.I. The van der Waals surface area contributed by atoms with Crippen LogP contribution in [0.3, 0.4) is 0 Å². The van der Waals surface area contributed by atoms with Crippen molar-refractivity contribution >= 4 is 46.3 Å². The van der Waals surface area contributed by atoms with Crippen molar-refractivity contribution in [2.75, 3.05) is 44.3 Å². The fourth-order valence-electron chi connectivity index (χ4n) is 2.96. The molecule has 5 nitrogen and oxygen atoms in total. The lowest BCUT2D eigenvalue weighted by Gasteiger charge is -2.33. The highest BCUT2D eigenvalue weighted by Gasteiger charge is 2.21. The molecule has 25 heavy (non-hydrogen) atoms. The summed E-state index contributed by atoms with van der Waals surface area (Å²) in [6.07, 6.45) is 5.00. The molecule has 1 saturated heterocycles. The van der Waals surface area contributed by atoms with Gasteiger partial charge in [-0.3, -0.25) is 4.99 Å². The van der Waals surface area contributed by atoms with Gasteiger partial charge in [0.1, 0.15) is 0 Å². The van der Waals surface area contributed by atoms with Gasteiger partial charge < -0.3 is 20.3 Å². The number of nitrogens with one attached hydrogen (secondary N) is 2. The van der Waals surface area contributed by atoms with Crippen LogP contribution >= 0.6 is 35.3 Å². The minimum absolute atomic E-state index is 0. The van der Waals surface area contributed by atoms with E-state index in [0.717, 1.165) is 64.1 Å². The summed E-state index contributed by atoms with van der Waals surface area (Å²) in [7, 11) is 0. The maximum Gasteiger partial charge on any atom is 0.191 e. The average molecular weight is 478 g/mol. The Kier molecular flexibility index (Phi) is 9.33. The number of guanidine groups is 1. The molecule has 1 aromatic rings. The predicted octanol–water partition coefficient (Wildman–Crippen LogP) is 3.32. The third-order valence-corrected chi connectivity index (χ3v) is 5.48. The Morgan fingerprint density at radius 2 is 2.12 bits per heavy atom. The van der Waals surface area contributed by atoms with Gasteiger partial charge in [-0.05, 0) is 56.0 Å². The molecule has 0 amide bonds. The summed E-state index contributed by atoms with van der Waals surface area (Å²) in [6, 6.07) is 4.85. The van der Waals surface area contributed by atoms with E-state index in [9.17, 15) is 0 Å². The summed E-state index contributed by atoms with van der Waals surface area (Å²) >= 11 is 1.83. The van der Waals surface area contributed by atoms with Crippen LogP contribution in [0.2, 0.25) is 0 Å². The Bertz CT molecular complexity index is 499. The number of thiophene rings is 1. The van der Waals surface area contributed by atoms with Gasteiger partial charge in [-0.15, -0.1) is 35.3 Å². The van der Waals surface area contributed by atoms with Crippen LogP contribution in [-0.2, 0) is 4.74 Å². The normalized spacial score (nSPS) is 18.8. The Morgan fingerprint density at radius 1 is 1.32 bits per heavy atom. The molecule has 1 aliphatic carbocycles. The first-order valence-electron chi connectivity index (χ1n) is 9.26. The molecule has 2 fully saturated rings. The van der Waals surface area contributed by atoms with Crippen LogP contribution in [0.4, 0.5) is 5.00 Å². The molecule has 0 atom stereocenters. The Morgan fingerprint density at radius 3 is 2.76 bits per heavy atom. The zero-order valence-corrected chi connectivity index (χ0v) is 18.2. The summed E-state index contributed by atoms with van der Waals surface area (Å²) in [4.78, 5) is 7.14. The first-order valence-corrected chi connectivity index (χ1v) is 10.1. The quantitative estimate of drug-likeness (QED) is 0.261. The van der Waals surface area contributed by atoms with Crippen molar-refractivity contribution in [3.05, 3.63) is 17.5 Å². The second kappa shape index (κ2) is 11.2. The molecule has 0 bridgehead atoms. The minimum atomic E-state index is 0. The number of aliphatic imine (C=N–C) groups is 1. The third-order valence-electron chi connectivity index (χ3n) is 4.55. The van der Waals surface area contributed by atoms with E-state index in [0.29, 0.717) is 6.04 Å². The number of halogens is 1. The first kappa shape index (κ1) is 20.8. The largest absolute Gasteiger partial charge is 0.379 e. The smallest absolute Gasteiger partial charge is 0.191 e. The number of hydrogen-bond donors (Lipinski definition) is 2. The molecule has 2 heterocycles. The number of anilines is 1. The summed E-state index contributed by atoms with van der Waals surface area (Å²) < 4.78 is 5.66. The van der Waals surface area contributed by atoms with Gasteiger partial charge in [0.15, 0.2) is 5.96 Å². The second-order valence-electron chi connectivity index (χ2n) is 6.64. The molecule has 1 aliphatic heterocycles. The number of nitrogens with zero attached hydrogens (tertiary/aromatic N) is 2. The van der Waals surface area contributed by atoms with Gasteiger partial charge in [0.2, 0.25) is 0 Å². The molecule has 142 valence electrons. The van der Waals surface area contributed by atoms with Gasteiger partial charge in [0.05, 0.1) is 18.2 Å². The van der Waals surface area contributed by atoms with E-state index in [1.807, 2.05) is 11.3 Å². The van der Waals surface area contributed by atoms with E-state index in [2.05, 4.69) is 45.0 Å². The molecule has 7 heteroatoms. The highest BCUT2D eigenvalue weighted by Crippen LogP contribution is 2.28. The van der Waals surface area contributed by atoms with Crippen molar-refractivity contribution in [3.63, 3.8) is 0 Å². The van der Waals surface area contributed by atoms with Gasteiger partial charge in [-0.2, -0.15) is 0 Å². The summed E-state index contributed by atoms with van der Waals surface area (Å²) in [5.74, 6) is 1.76. The van der Waals surface area contributed by atoms with E-state index in [4.69, 9.17) is 4.74 Å². The Balaban J connectivity index is 0.00000225. The van der Waals surface area contributed by atoms with Crippen LogP contribution in [0.15, 0.2) is 22.5 Å². The predicted molar refractivity (Wildman–Crippen MR) is 118 cm³/mol. The van der Waals surface area contributed by atoms with Crippen LogP contribution < -0.4 is 15.5 Å². The molecule has 0 radical (unpaired) electrons. The van der Waals surface area contributed by atoms with Gasteiger partial charge in [-0.25, -0.2) is 0 Å². The summed E-state index contributed by atoms with van der Waals surface area (Å²) in [5, 5.41) is 10.5. The van der Waals surface area contributed by atoms with E-state index in [-0.39, 0.29) is 24.0 Å². The van der Waals surface area contributed by atoms with Crippen molar-refractivity contribution in [2.24, 2.45) is 10.9 Å². The van der Waals surface area contributed by atoms with Crippen LogP contribution in [-0.4, -0.2) is 51.4 Å². The molecule has 0 unspecified atom stereocenters. The molecular weight excluding hydrogens is 447 g/mol. The molecule has 2 N–H and O–H groups in total. The average Bonchev–Trinajstić information content (AvgIpc) is 3.26. The van der Waals surface area contributed by atoms with E-state index < -0.39 is 0 Å². The van der Waals surface area contributed by atoms with Crippen LogP contribution in [0.25, 0.3) is 0 Å². The lowest BCUT2D eigenvalue weighted by molar-refractivity contribution is 0.131. The maximum atomic E-state index is 5.66. The monoisotopic (exact) mass is 478 g/mol. The molecular formula is C18H31IN4OS. The lowest BCUT2D eigenvalue weighted by Crippen LogP contribution is -2.48. The zero-order valence-electron chi connectivity index (χ0n) is 15.1. The number of hydrogen-bond acceptors (Lipinski definition) is 4. The first-order chi connectivity index (χ1) is 11.8. The van der Waals surface area contributed by atoms with Gasteiger partial charge in [-0.1, -0.05) is 0 Å². The molecule has 1 saturated carbocycles.